The normalized spacial score (nSPS) is 11.3. The number of hydrogen-bond donors (Lipinski definition) is 1. The van der Waals surface area contributed by atoms with Crippen LogP contribution in [0, 0.1) is 0 Å². The Balaban J connectivity index is 3.44. The Bertz CT molecular complexity index is 478. The molecular formula is C8H7BrO4S. The first kappa shape index (κ1) is 11.2. The summed E-state index contributed by atoms with van der Waals surface area (Å²) in [6, 6.07) is 3.86. The highest BCUT2D eigenvalue weighted by atomic mass is 79.9. The summed E-state index contributed by atoms with van der Waals surface area (Å²) in [5.41, 5.74) is -0.0476. The standard InChI is InChI=1S/C8H7BrO4S/c1-14(12,13)7-4-5(8(10)11)2-3-6(7)9/h2-4H,1H3,(H,10,11). The number of carbonyl (C=O) groups is 1. The van der Waals surface area contributed by atoms with Crippen molar-refractivity contribution >= 4 is 31.7 Å². The molecule has 0 atom stereocenters. The largest absolute Gasteiger partial charge is 0.478 e. The molecule has 0 radical (unpaired) electrons. The van der Waals surface area contributed by atoms with Crippen molar-refractivity contribution in [1.29, 1.82) is 0 Å². The van der Waals surface area contributed by atoms with E-state index in [-0.39, 0.29) is 10.5 Å². The van der Waals surface area contributed by atoms with E-state index in [1.165, 1.54) is 12.1 Å². The minimum Gasteiger partial charge on any atom is -0.478 e. The zero-order valence-corrected chi connectivity index (χ0v) is 9.59. The van der Waals surface area contributed by atoms with Crippen LogP contribution in [0.15, 0.2) is 27.6 Å². The first-order chi connectivity index (χ1) is 6.32. The average molecular weight is 279 g/mol. The maximum Gasteiger partial charge on any atom is 0.335 e. The fraction of sp³-hybridized carbons (Fsp3) is 0.125. The van der Waals surface area contributed by atoms with Crippen LogP contribution in [0.3, 0.4) is 0 Å². The number of rotatable bonds is 2. The fourth-order valence-corrected chi connectivity index (χ4v) is 2.81. The summed E-state index contributed by atoms with van der Waals surface area (Å²) < 4.78 is 22.8. The van der Waals surface area contributed by atoms with Crippen molar-refractivity contribution in [2.45, 2.75) is 4.90 Å². The van der Waals surface area contributed by atoms with Gasteiger partial charge in [0, 0.05) is 10.7 Å². The third-order valence-corrected chi connectivity index (χ3v) is 3.67. The molecule has 1 aromatic rings. The monoisotopic (exact) mass is 278 g/mol. The second-order valence-corrected chi connectivity index (χ2v) is 5.56. The minimum atomic E-state index is -3.40. The molecule has 0 heterocycles. The van der Waals surface area contributed by atoms with E-state index in [1.807, 2.05) is 0 Å². The summed E-state index contributed by atoms with van der Waals surface area (Å²) >= 11 is 3.04. The number of hydrogen-bond acceptors (Lipinski definition) is 3. The third kappa shape index (κ3) is 2.33. The smallest absolute Gasteiger partial charge is 0.335 e. The van der Waals surface area contributed by atoms with Crippen LogP contribution in [-0.2, 0) is 9.84 Å². The highest BCUT2D eigenvalue weighted by Gasteiger charge is 2.14. The molecule has 4 nitrogen and oxygen atoms in total. The van der Waals surface area contributed by atoms with Gasteiger partial charge < -0.3 is 5.11 Å². The van der Waals surface area contributed by atoms with Gasteiger partial charge in [0.1, 0.15) is 0 Å². The van der Waals surface area contributed by atoms with E-state index in [0.29, 0.717) is 4.47 Å². The van der Waals surface area contributed by atoms with Gasteiger partial charge in [-0.1, -0.05) is 0 Å². The SMILES string of the molecule is CS(=O)(=O)c1cc(C(=O)O)ccc1Br. The van der Waals surface area contributed by atoms with E-state index in [9.17, 15) is 13.2 Å². The van der Waals surface area contributed by atoms with Crippen LogP contribution in [0.2, 0.25) is 0 Å². The molecule has 0 aromatic heterocycles. The molecule has 0 aliphatic carbocycles. The number of halogens is 1. The van der Waals surface area contributed by atoms with Gasteiger partial charge in [0.25, 0.3) is 0 Å². The Hall–Kier alpha value is -0.880. The summed E-state index contributed by atoms with van der Waals surface area (Å²) in [5.74, 6) is -1.15. The quantitative estimate of drug-likeness (QED) is 0.891. The molecule has 0 aliphatic heterocycles. The topological polar surface area (TPSA) is 71.4 Å². The van der Waals surface area contributed by atoms with E-state index < -0.39 is 15.8 Å². The molecule has 76 valence electrons. The Labute approximate surface area is 89.6 Å². The molecule has 1 rings (SSSR count). The number of carboxylic acids is 1. The van der Waals surface area contributed by atoms with Crippen LogP contribution in [-0.4, -0.2) is 25.7 Å². The second kappa shape index (κ2) is 3.70. The Morgan fingerprint density at radius 2 is 2.00 bits per heavy atom. The average Bonchev–Trinajstić information content (AvgIpc) is 2.02. The lowest BCUT2D eigenvalue weighted by Gasteiger charge is -2.02. The van der Waals surface area contributed by atoms with Crippen molar-refractivity contribution in [3.8, 4) is 0 Å². The van der Waals surface area contributed by atoms with Gasteiger partial charge in [-0.3, -0.25) is 0 Å². The van der Waals surface area contributed by atoms with Crippen molar-refractivity contribution in [3.63, 3.8) is 0 Å². The van der Waals surface area contributed by atoms with Crippen LogP contribution in [0.4, 0.5) is 0 Å². The Morgan fingerprint density at radius 3 is 2.43 bits per heavy atom. The lowest BCUT2D eigenvalue weighted by molar-refractivity contribution is 0.0696. The number of carboxylic acid groups (broad SMARTS) is 1. The van der Waals surface area contributed by atoms with Crippen LogP contribution >= 0.6 is 15.9 Å². The molecule has 14 heavy (non-hydrogen) atoms. The Kier molecular flexibility index (Phi) is 2.96. The van der Waals surface area contributed by atoms with Crippen LogP contribution in [0.1, 0.15) is 10.4 Å². The predicted octanol–water partition coefficient (Wildman–Crippen LogP) is 1.55. The van der Waals surface area contributed by atoms with E-state index in [2.05, 4.69) is 15.9 Å². The third-order valence-electron chi connectivity index (χ3n) is 1.58. The lowest BCUT2D eigenvalue weighted by atomic mass is 10.2. The molecule has 0 amide bonds. The van der Waals surface area contributed by atoms with Gasteiger partial charge in [0.15, 0.2) is 9.84 Å². The van der Waals surface area contributed by atoms with Gasteiger partial charge in [-0.25, -0.2) is 13.2 Å². The molecule has 0 fully saturated rings. The highest BCUT2D eigenvalue weighted by Crippen LogP contribution is 2.22. The maximum atomic E-state index is 11.2. The number of benzene rings is 1. The minimum absolute atomic E-state index is 0.0163. The predicted molar refractivity (Wildman–Crippen MR) is 54.2 cm³/mol. The summed E-state index contributed by atoms with van der Waals surface area (Å²) in [4.78, 5) is 10.6. The van der Waals surface area contributed by atoms with E-state index >= 15 is 0 Å². The molecule has 0 bridgehead atoms. The van der Waals surface area contributed by atoms with Crippen LogP contribution < -0.4 is 0 Å². The zero-order chi connectivity index (χ0) is 10.9. The molecule has 0 spiro atoms. The number of aromatic carboxylic acids is 1. The molecule has 0 aliphatic rings. The molecular weight excluding hydrogens is 272 g/mol. The van der Waals surface area contributed by atoms with E-state index in [1.54, 1.807) is 0 Å². The van der Waals surface area contributed by atoms with Gasteiger partial charge in [0.05, 0.1) is 10.5 Å². The van der Waals surface area contributed by atoms with E-state index in [0.717, 1.165) is 12.3 Å². The second-order valence-electron chi connectivity index (χ2n) is 2.72. The summed E-state index contributed by atoms with van der Waals surface area (Å²) in [7, 11) is -3.40. The van der Waals surface area contributed by atoms with Crippen molar-refractivity contribution < 1.29 is 18.3 Å². The first-order valence-electron chi connectivity index (χ1n) is 3.55. The highest BCUT2D eigenvalue weighted by molar-refractivity contribution is 9.10. The van der Waals surface area contributed by atoms with Gasteiger partial charge in [-0.15, -0.1) is 0 Å². The maximum absolute atomic E-state index is 11.2. The zero-order valence-electron chi connectivity index (χ0n) is 7.19. The first-order valence-corrected chi connectivity index (χ1v) is 6.23. The van der Waals surface area contributed by atoms with Crippen molar-refractivity contribution in [2.24, 2.45) is 0 Å². The van der Waals surface area contributed by atoms with Gasteiger partial charge in [-0.2, -0.15) is 0 Å². The van der Waals surface area contributed by atoms with Gasteiger partial charge in [-0.05, 0) is 34.1 Å². The molecule has 1 aromatic carbocycles. The summed E-state index contributed by atoms with van der Waals surface area (Å²) in [5, 5.41) is 8.66. The summed E-state index contributed by atoms with van der Waals surface area (Å²) in [6.07, 6.45) is 1.03. The Morgan fingerprint density at radius 1 is 1.43 bits per heavy atom. The molecule has 0 unspecified atom stereocenters. The molecule has 1 N–H and O–H groups in total. The van der Waals surface area contributed by atoms with Crippen LogP contribution in [0.5, 0.6) is 0 Å². The fourth-order valence-electron chi connectivity index (χ4n) is 0.921. The van der Waals surface area contributed by atoms with Gasteiger partial charge >= 0.3 is 5.97 Å². The summed E-state index contributed by atoms with van der Waals surface area (Å²) in [6.45, 7) is 0. The van der Waals surface area contributed by atoms with Crippen molar-refractivity contribution in [2.75, 3.05) is 6.26 Å². The number of sulfone groups is 1. The molecule has 0 saturated heterocycles. The van der Waals surface area contributed by atoms with Crippen molar-refractivity contribution in [1.82, 2.24) is 0 Å². The van der Waals surface area contributed by atoms with Crippen molar-refractivity contribution in [3.05, 3.63) is 28.2 Å². The van der Waals surface area contributed by atoms with E-state index in [4.69, 9.17) is 5.11 Å². The molecule has 6 heteroatoms. The van der Waals surface area contributed by atoms with Crippen LogP contribution in [0.25, 0.3) is 0 Å². The molecule has 0 saturated carbocycles. The lowest BCUT2D eigenvalue weighted by Crippen LogP contribution is -2.02. The van der Waals surface area contributed by atoms with Gasteiger partial charge in [0.2, 0.25) is 0 Å².